The minimum atomic E-state index is -0.497. The lowest BCUT2D eigenvalue weighted by molar-refractivity contribution is -0.384. The molecule has 0 aromatic heterocycles. The van der Waals surface area contributed by atoms with Gasteiger partial charge in [0.1, 0.15) is 6.29 Å². The Labute approximate surface area is 80.0 Å². The highest BCUT2D eigenvalue weighted by Gasteiger charge is 2.04. The molecule has 0 atom stereocenters. The third-order valence-electron chi connectivity index (χ3n) is 1.66. The zero-order valence-corrected chi connectivity index (χ0v) is 7.21. The minimum Gasteiger partial charge on any atom is -0.398 e. The minimum absolute atomic E-state index is 0.00680. The molecular weight excluding hydrogens is 184 g/mol. The van der Waals surface area contributed by atoms with Crippen LogP contribution in [0.15, 0.2) is 30.3 Å². The van der Waals surface area contributed by atoms with Gasteiger partial charge in [0.25, 0.3) is 5.69 Å². The van der Waals surface area contributed by atoms with E-state index in [4.69, 9.17) is 5.73 Å². The second-order valence-corrected chi connectivity index (χ2v) is 2.56. The zero-order valence-electron chi connectivity index (χ0n) is 7.21. The fraction of sp³-hybridized carbons (Fsp3) is 0. The molecule has 0 fully saturated rings. The molecule has 1 aromatic carbocycles. The number of nitrogens with zero attached hydrogens (tertiary/aromatic N) is 1. The van der Waals surface area contributed by atoms with Gasteiger partial charge < -0.3 is 5.73 Å². The zero-order chi connectivity index (χ0) is 10.6. The van der Waals surface area contributed by atoms with Crippen molar-refractivity contribution in [3.63, 3.8) is 0 Å². The number of nitro groups is 1. The third-order valence-corrected chi connectivity index (χ3v) is 1.66. The van der Waals surface area contributed by atoms with Gasteiger partial charge in [-0.25, -0.2) is 0 Å². The largest absolute Gasteiger partial charge is 0.398 e. The molecular formula is C9H8N2O3. The molecule has 5 nitrogen and oxygen atoms in total. The van der Waals surface area contributed by atoms with Gasteiger partial charge in [0.2, 0.25) is 0 Å². The van der Waals surface area contributed by atoms with E-state index in [1.807, 2.05) is 0 Å². The number of carbonyl (C=O) groups is 1. The number of nitro benzene ring substituents is 1. The normalized spacial score (nSPS) is 11.0. The van der Waals surface area contributed by atoms with Gasteiger partial charge in [-0.3, -0.25) is 14.9 Å². The highest BCUT2D eigenvalue weighted by atomic mass is 16.6. The number of hydrogen-bond donors (Lipinski definition) is 1. The quantitative estimate of drug-likeness (QED) is 0.336. The van der Waals surface area contributed by atoms with Crippen molar-refractivity contribution in [2.75, 3.05) is 0 Å². The van der Waals surface area contributed by atoms with Crippen molar-refractivity contribution in [3.05, 3.63) is 46.0 Å². The number of rotatable bonds is 3. The van der Waals surface area contributed by atoms with E-state index in [0.717, 1.165) is 0 Å². The number of hydrogen-bond acceptors (Lipinski definition) is 4. The molecule has 0 aliphatic heterocycles. The maximum atomic E-state index is 10.3. The maximum Gasteiger partial charge on any atom is 0.269 e. The number of carbonyl (C=O) groups excluding carboxylic acids is 1. The van der Waals surface area contributed by atoms with E-state index in [9.17, 15) is 14.9 Å². The molecule has 72 valence electrons. The Morgan fingerprint density at radius 3 is 2.36 bits per heavy atom. The summed E-state index contributed by atoms with van der Waals surface area (Å²) in [5.41, 5.74) is 6.36. The molecule has 0 aliphatic rings. The first-order valence-electron chi connectivity index (χ1n) is 3.81. The monoisotopic (exact) mass is 192 g/mol. The van der Waals surface area contributed by atoms with Crippen molar-refractivity contribution < 1.29 is 9.72 Å². The number of aldehydes is 1. The van der Waals surface area contributed by atoms with Crippen LogP contribution in [-0.4, -0.2) is 11.2 Å². The van der Waals surface area contributed by atoms with Gasteiger partial charge in [-0.2, -0.15) is 0 Å². The molecule has 0 saturated carbocycles. The van der Waals surface area contributed by atoms with Crippen LogP contribution >= 0.6 is 0 Å². The first-order chi connectivity index (χ1) is 6.65. The summed E-state index contributed by atoms with van der Waals surface area (Å²) in [6, 6.07) is 5.66. The first kappa shape index (κ1) is 9.91. The number of allylic oxidation sites excluding steroid dienone is 1. The van der Waals surface area contributed by atoms with Gasteiger partial charge in [-0.1, -0.05) is 0 Å². The predicted molar refractivity (Wildman–Crippen MR) is 51.3 cm³/mol. The van der Waals surface area contributed by atoms with E-state index in [0.29, 0.717) is 11.8 Å². The second kappa shape index (κ2) is 4.18. The first-order valence-corrected chi connectivity index (χ1v) is 3.81. The summed E-state index contributed by atoms with van der Waals surface area (Å²) in [5.74, 6) is 0. The van der Waals surface area contributed by atoms with Crippen molar-refractivity contribution in [1.82, 2.24) is 0 Å². The number of nitrogens with two attached hydrogens (primary N) is 1. The molecule has 0 spiro atoms. The predicted octanol–water partition coefficient (Wildman–Crippen LogP) is 1.09. The van der Waals surface area contributed by atoms with Gasteiger partial charge in [0.15, 0.2) is 0 Å². The van der Waals surface area contributed by atoms with Crippen LogP contribution in [0.25, 0.3) is 5.70 Å². The average molecular weight is 192 g/mol. The van der Waals surface area contributed by atoms with E-state index >= 15 is 0 Å². The molecule has 0 saturated heterocycles. The molecule has 14 heavy (non-hydrogen) atoms. The molecule has 0 unspecified atom stereocenters. The smallest absolute Gasteiger partial charge is 0.269 e. The fourth-order valence-electron chi connectivity index (χ4n) is 0.945. The van der Waals surface area contributed by atoms with Crippen LogP contribution in [0.5, 0.6) is 0 Å². The summed E-state index contributed by atoms with van der Waals surface area (Å²) < 4.78 is 0. The molecule has 0 radical (unpaired) electrons. The van der Waals surface area contributed by atoms with Crippen LogP contribution in [-0.2, 0) is 4.79 Å². The van der Waals surface area contributed by atoms with Crippen LogP contribution in [0, 0.1) is 10.1 Å². The lowest BCUT2D eigenvalue weighted by Gasteiger charge is -1.98. The van der Waals surface area contributed by atoms with Gasteiger partial charge >= 0.3 is 0 Å². The van der Waals surface area contributed by atoms with Crippen molar-refractivity contribution >= 4 is 17.7 Å². The maximum absolute atomic E-state index is 10.3. The van der Waals surface area contributed by atoms with Gasteiger partial charge in [-0.05, 0) is 17.7 Å². The Morgan fingerprint density at radius 2 is 1.93 bits per heavy atom. The molecule has 5 heteroatoms. The number of benzene rings is 1. The summed E-state index contributed by atoms with van der Waals surface area (Å²) in [4.78, 5) is 19.9. The standard InChI is InChI=1S/C9H8N2O3/c10-9(5-6-12)7-1-3-8(4-2-7)11(13)14/h1-6H,10H2. The molecule has 1 aromatic rings. The summed E-state index contributed by atoms with van der Waals surface area (Å²) in [5, 5.41) is 10.3. The molecule has 0 aliphatic carbocycles. The van der Waals surface area contributed by atoms with Crippen LogP contribution in [0.4, 0.5) is 5.69 Å². The summed E-state index contributed by atoms with van der Waals surface area (Å²) in [7, 11) is 0. The van der Waals surface area contributed by atoms with Crippen LogP contribution in [0.3, 0.4) is 0 Å². The lowest BCUT2D eigenvalue weighted by Crippen LogP contribution is -1.96. The Bertz CT molecular complexity index is 382. The van der Waals surface area contributed by atoms with Gasteiger partial charge in [0, 0.05) is 23.9 Å². The summed E-state index contributed by atoms with van der Waals surface area (Å²) in [6.07, 6.45) is 1.76. The molecule has 1 rings (SSSR count). The van der Waals surface area contributed by atoms with Crippen LogP contribution in [0.1, 0.15) is 5.56 Å². The van der Waals surface area contributed by atoms with E-state index in [1.165, 1.54) is 30.3 Å². The summed E-state index contributed by atoms with van der Waals surface area (Å²) in [6.45, 7) is 0. The van der Waals surface area contributed by atoms with Crippen LogP contribution in [0.2, 0.25) is 0 Å². The molecule has 0 bridgehead atoms. The van der Waals surface area contributed by atoms with E-state index in [1.54, 1.807) is 0 Å². The highest BCUT2D eigenvalue weighted by molar-refractivity contribution is 5.80. The fourth-order valence-corrected chi connectivity index (χ4v) is 0.945. The van der Waals surface area contributed by atoms with Gasteiger partial charge in [-0.15, -0.1) is 0 Å². The molecule has 0 heterocycles. The summed E-state index contributed by atoms with van der Waals surface area (Å²) >= 11 is 0. The highest BCUT2D eigenvalue weighted by Crippen LogP contribution is 2.15. The molecule has 2 N–H and O–H groups in total. The van der Waals surface area contributed by atoms with Crippen molar-refractivity contribution in [2.45, 2.75) is 0 Å². The lowest BCUT2D eigenvalue weighted by atomic mass is 10.1. The average Bonchev–Trinajstić information content (AvgIpc) is 2.18. The Morgan fingerprint density at radius 1 is 1.36 bits per heavy atom. The second-order valence-electron chi connectivity index (χ2n) is 2.56. The Hall–Kier alpha value is -2.17. The topological polar surface area (TPSA) is 86.2 Å². The van der Waals surface area contributed by atoms with E-state index in [-0.39, 0.29) is 11.4 Å². The Balaban J connectivity index is 2.99. The number of non-ortho nitro benzene ring substituents is 1. The van der Waals surface area contributed by atoms with E-state index in [2.05, 4.69) is 0 Å². The molecule has 0 amide bonds. The van der Waals surface area contributed by atoms with E-state index < -0.39 is 4.92 Å². The van der Waals surface area contributed by atoms with Crippen LogP contribution < -0.4 is 5.73 Å². The van der Waals surface area contributed by atoms with Crippen molar-refractivity contribution in [1.29, 1.82) is 0 Å². The van der Waals surface area contributed by atoms with Crippen molar-refractivity contribution in [2.24, 2.45) is 5.73 Å². The van der Waals surface area contributed by atoms with Gasteiger partial charge in [0.05, 0.1) is 4.92 Å². The van der Waals surface area contributed by atoms with Crippen molar-refractivity contribution in [3.8, 4) is 0 Å². The SMILES string of the molecule is NC(=CC=O)c1ccc([N+](=O)[O-])cc1. The Kier molecular flexibility index (Phi) is 2.96. The third kappa shape index (κ3) is 2.16.